The van der Waals surface area contributed by atoms with E-state index in [1.807, 2.05) is 6.07 Å². The van der Waals surface area contributed by atoms with Gasteiger partial charge in [0.15, 0.2) is 0 Å². The fraction of sp³-hybridized carbons (Fsp3) is 0.333. The zero-order chi connectivity index (χ0) is 9.26. The second-order valence-corrected chi connectivity index (χ2v) is 3.71. The van der Waals surface area contributed by atoms with Crippen LogP contribution in [0.25, 0.3) is 5.57 Å². The Hall–Kier alpha value is -1.24. The summed E-state index contributed by atoms with van der Waals surface area (Å²) in [7, 11) is 0. The van der Waals surface area contributed by atoms with Crippen molar-refractivity contribution in [1.82, 2.24) is 0 Å². The van der Waals surface area contributed by atoms with E-state index in [2.05, 4.69) is 25.1 Å². The molecule has 0 saturated carbocycles. The van der Waals surface area contributed by atoms with Gasteiger partial charge in [-0.3, -0.25) is 0 Å². The van der Waals surface area contributed by atoms with Gasteiger partial charge in [0.25, 0.3) is 0 Å². The summed E-state index contributed by atoms with van der Waals surface area (Å²) in [6.07, 6.45) is 5.99. The SMILES string of the molecule is Cc1ccc(N)c(C2=CCCC2)c1. The number of allylic oxidation sites excluding steroid dienone is 2. The summed E-state index contributed by atoms with van der Waals surface area (Å²) >= 11 is 0. The van der Waals surface area contributed by atoms with Crippen LogP contribution >= 0.6 is 0 Å². The third kappa shape index (κ3) is 1.59. The molecule has 1 heteroatoms. The molecule has 0 aliphatic heterocycles. The van der Waals surface area contributed by atoms with E-state index >= 15 is 0 Å². The molecule has 0 spiro atoms. The van der Waals surface area contributed by atoms with Crippen molar-refractivity contribution in [3.63, 3.8) is 0 Å². The molecule has 0 saturated heterocycles. The van der Waals surface area contributed by atoms with Crippen molar-refractivity contribution < 1.29 is 0 Å². The van der Waals surface area contributed by atoms with Gasteiger partial charge in [0.1, 0.15) is 0 Å². The lowest BCUT2D eigenvalue weighted by molar-refractivity contribution is 0.935. The molecule has 1 nitrogen and oxygen atoms in total. The molecule has 13 heavy (non-hydrogen) atoms. The Morgan fingerprint density at radius 1 is 1.31 bits per heavy atom. The van der Waals surface area contributed by atoms with Crippen LogP contribution in [-0.4, -0.2) is 0 Å². The Labute approximate surface area is 79.3 Å². The van der Waals surface area contributed by atoms with Crippen LogP contribution in [-0.2, 0) is 0 Å². The van der Waals surface area contributed by atoms with Crippen LogP contribution in [0.4, 0.5) is 5.69 Å². The van der Waals surface area contributed by atoms with Crippen molar-refractivity contribution in [2.45, 2.75) is 26.2 Å². The summed E-state index contributed by atoms with van der Waals surface area (Å²) in [5, 5.41) is 0. The van der Waals surface area contributed by atoms with Crippen LogP contribution in [0, 0.1) is 6.92 Å². The van der Waals surface area contributed by atoms with Crippen molar-refractivity contribution in [2.75, 3.05) is 5.73 Å². The highest BCUT2D eigenvalue weighted by Crippen LogP contribution is 2.31. The van der Waals surface area contributed by atoms with Crippen LogP contribution in [0.1, 0.15) is 30.4 Å². The fourth-order valence-corrected chi connectivity index (χ4v) is 1.86. The van der Waals surface area contributed by atoms with Crippen LogP contribution in [0.2, 0.25) is 0 Å². The van der Waals surface area contributed by atoms with Crippen molar-refractivity contribution in [2.24, 2.45) is 0 Å². The van der Waals surface area contributed by atoms with E-state index < -0.39 is 0 Å². The standard InChI is InChI=1S/C12H15N/c1-9-6-7-12(13)11(8-9)10-4-2-3-5-10/h4,6-8H,2-3,5,13H2,1H3. The first-order valence-corrected chi connectivity index (χ1v) is 4.83. The molecule has 1 aliphatic rings. The number of hydrogen-bond donors (Lipinski definition) is 1. The van der Waals surface area contributed by atoms with Gasteiger partial charge in [0, 0.05) is 11.3 Å². The minimum absolute atomic E-state index is 0.916. The van der Waals surface area contributed by atoms with E-state index in [0.717, 1.165) is 5.69 Å². The minimum atomic E-state index is 0.916. The Kier molecular flexibility index (Phi) is 2.09. The highest BCUT2D eigenvalue weighted by molar-refractivity contribution is 5.76. The monoisotopic (exact) mass is 173 g/mol. The topological polar surface area (TPSA) is 26.0 Å². The third-order valence-electron chi connectivity index (χ3n) is 2.60. The van der Waals surface area contributed by atoms with Crippen molar-refractivity contribution in [1.29, 1.82) is 0 Å². The van der Waals surface area contributed by atoms with Gasteiger partial charge in [-0.25, -0.2) is 0 Å². The lowest BCUT2D eigenvalue weighted by atomic mass is 10.0. The zero-order valence-corrected chi connectivity index (χ0v) is 8.01. The minimum Gasteiger partial charge on any atom is -0.398 e. The van der Waals surface area contributed by atoms with Gasteiger partial charge in [-0.15, -0.1) is 0 Å². The second kappa shape index (κ2) is 3.25. The average molecular weight is 173 g/mol. The molecule has 1 aliphatic carbocycles. The predicted octanol–water partition coefficient (Wildman–Crippen LogP) is 3.14. The van der Waals surface area contributed by atoms with Gasteiger partial charge < -0.3 is 5.73 Å². The third-order valence-corrected chi connectivity index (χ3v) is 2.60. The summed E-state index contributed by atoms with van der Waals surface area (Å²) in [5.41, 5.74) is 10.8. The number of nitrogen functional groups attached to an aromatic ring is 1. The molecule has 0 bridgehead atoms. The smallest absolute Gasteiger partial charge is 0.0390 e. The number of aryl methyl sites for hydroxylation is 1. The molecule has 0 atom stereocenters. The number of hydrogen-bond acceptors (Lipinski definition) is 1. The molecular weight excluding hydrogens is 158 g/mol. The molecule has 68 valence electrons. The molecule has 0 aromatic heterocycles. The number of nitrogens with two attached hydrogens (primary N) is 1. The van der Waals surface area contributed by atoms with E-state index in [0.29, 0.717) is 0 Å². The van der Waals surface area contributed by atoms with Crippen molar-refractivity contribution in [3.8, 4) is 0 Å². The fourth-order valence-electron chi connectivity index (χ4n) is 1.86. The summed E-state index contributed by atoms with van der Waals surface area (Å²) < 4.78 is 0. The molecule has 0 amide bonds. The number of rotatable bonds is 1. The van der Waals surface area contributed by atoms with Gasteiger partial charge in [-0.05, 0) is 43.9 Å². The Balaban J connectivity index is 2.43. The molecule has 1 aromatic carbocycles. The van der Waals surface area contributed by atoms with Crippen molar-refractivity contribution in [3.05, 3.63) is 35.4 Å². The molecule has 0 radical (unpaired) electrons. The van der Waals surface area contributed by atoms with Crippen LogP contribution in [0.3, 0.4) is 0 Å². The van der Waals surface area contributed by atoms with E-state index in [1.54, 1.807) is 0 Å². The number of anilines is 1. The largest absolute Gasteiger partial charge is 0.398 e. The molecule has 0 fully saturated rings. The van der Waals surface area contributed by atoms with Crippen molar-refractivity contribution >= 4 is 11.3 Å². The Morgan fingerprint density at radius 2 is 2.15 bits per heavy atom. The maximum absolute atomic E-state index is 5.93. The average Bonchev–Trinajstić information content (AvgIpc) is 2.61. The predicted molar refractivity (Wildman–Crippen MR) is 57.4 cm³/mol. The van der Waals surface area contributed by atoms with Gasteiger partial charge in [-0.1, -0.05) is 17.7 Å². The summed E-state index contributed by atoms with van der Waals surface area (Å²) in [4.78, 5) is 0. The lowest BCUT2D eigenvalue weighted by Gasteiger charge is -2.07. The molecule has 2 rings (SSSR count). The van der Waals surface area contributed by atoms with Gasteiger partial charge >= 0.3 is 0 Å². The molecule has 0 heterocycles. The number of benzene rings is 1. The van der Waals surface area contributed by atoms with E-state index in [-0.39, 0.29) is 0 Å². The first-order valence-electron chi connectivity index (χ1n) is 4.83. The van der Waals surface area contributed by atoms with Gasteiger partial charge in [0.2, 0.25) is 0 Å². The maximum atomic E-state index is 5.93. The van der Waals surface area contributed by atoms with Gasteiger partial charge in [-0.2, -0.15) is 0 Å². The molecule has 2 N–H and O–H groups in total. The van der Waals surface area contributed by atoms with Crippen LogP contribution < -0.4 is 5.73 Å². The highest BCUT2D eigenvalue weighted by Gasteiger charge is 2.09. The zero-order valence-electron chi connectivity index (χ0n) is 8.01. The highest BCUT2D eigenvalue weighted by atomic mass is 14.6. The summed E-state index contributed by atoms with van der Waals surface area (Å²) in [5.74, 6) is 0. The molecule has 1 aromatic rings. The molecule has 0 unspecified atom stereocenters. The maximum Gasteiger partial charge on any atom is 0.0390 e. The summed E-state index contributed by atoms with van der Waals surface area (Å²) in [6, 6.07) is 6.25. The van der Waals surface area contributed by atoms with E-state index in [4.69, 9.17) is 5.73 Å². The Bertz CT molecular complexity index is 350. The summed E-state index contributed by atoms with van der Waals surface area (Å²) in [6.45, 7) is 2.11. The lowest BCUT2D eigenvalue weighted by Crippen LogP contribution is -1.93. The normalized spacial score (nSPS) is 15.9. The van der Waals surface area contributed by atoms with Gasteiger partial charge in [0.05, 0.1) is 0 Å². The first-order chi connectivity index (χ1) is 6.27. The van der Waals surface area contributed by atoms with Crippen LogP contribution in [0.15, 0.2) is 24.3 Å². The second-order valence-electron chi connectivity index (χ2n) is 3.71. The van der Waals surface area contributed by atoms with E-state index in [1.165, 1.54) is 36.0 Å². The van der Waals surface area contributed by atoms with Crippen LogP contribution in [0.5, 0.6) is 0 Å². The Morgan fingerprint density at radius 3 is 2.85 bits per heavy atom. The quantitative estimate of drug-likeness (QED) is 0.649. The molecular formula is C12H15N. The first kappa shape index (κ1) is 8.36. The van der Waals surface area contributed by atoms with E-state index in [9.17, 15) is 0 Å².